The third-order valence-corrected chi connectivity index (χ3v) is 1.71. The summed E-state index contributed by atoms with van der Waals surface area (Å²) in [4.78, 5) is 8.10. The number of aromatic nitrogens is 2. The van der Waals surface area contributed by atoms with Crippen molar-refractivity contribution < 1.29 is 5.11 Å². The van der Waals surface area contributed by atoms with E-state index < -0.39 is 6.10 Å². The maximum absolute atomic E-state index is 9.41. The third-order valence-electron chi connectivity index (χ3n) is 1.71. The quantitative estimate of drug-likeness (QED) is 0.595. The van der Waals surface area contributed by atoms with Crippen molar-refractivity contribution in [1.29, 1.82) is 0 Å². The third kappa shape index (κ3) is 1.03. The molecule has 1 aromatic heterocycles. The number of rotatable bonds is 0. The van der Waals surface area contributed by atoms with Gasteiger partial charge in [0.15, 0.2) is 0 Å². The zero-order chi connectivity index (χ0) is 7.68. The van der Waals surface area contributed by atoms with Crippen molar-refractivity contribution in [3.05, 3.63) is 29.9 Å². The molecule has 0 amide bonds. The van der Waals surface area contributed by atoms with Gasteiger partial charge in [0.1, 0.15) is 6.10 Å². The number of hydrogen-bond acceptors (Lipinski definition) is 3. The molecule has 0 radical (unpaired) electrons. The van der Waals surface area contributed by atoms with Crippen molar-refractivity contribution in [2.24, 2.45) is 0 Å². The van der Waals surface area contributed by atoms with Crippen LogP contribution >= 0.6 is 0 Å². The Labute approximate surface area is 64.4 Å². The van der Waals surface area contributed by atoms with Crippen LogP contribution in [0.1, 0.15) is 23.9 Å². The molecule has 1 N–H and O–H groups in total. The number of aliphatic hydroxyl groups excluding tert-OH is 1. The zero-order valence-electron chi connectivity index (χ0n) is 5.94. The Hall–Kier alpha value is -1.22. The van der Waals surface area contributed by atoms with Gasteiger partial charge in [-0.05, 0) is 12.5 Å². The number of hydrogen-bond donors (Lipinski definition) is 1. The average molecular weight is 148 g/mol. The summed E-state index contributed by atoms with van der Waals surface area (Å²) >= 11 is 0. The van der Waals surface area contributed by atoms with Gasteiger partial charge in [-0.1, -0.05) is 6.08 Å². The van der Waals surface area contributed by atoms with Gasteiger partial charge in [-0.15, -0.1) is 0 Å². The van der Waals surface area contributed by atoms with Crippen molar-refractivity contribution in [1.82, 2.24) is 9.97 Å². The second kappa shape index (κ2) is 2.43. The largest absolute Gasteiger partial charge is 0.386 e. The molecule has 3 nitrogen and oxygen atoms in total. The molecule has 0 bridgehead atoms. The summed E-state index contributed by atoms with van der Waals surface area (Å²) in [6, 6.07) is 0. The molecular weight excluding hydrogens is 140 g/mol. The fourth-order valence-corrected chi connectivity index (χ4v) is 1.16. The van der Waals surface area contributed by atoms with Gasteiger partial charge in [-0.25, -0.2) is 0 Å². The van der Waals surface area contributed by atoms with Gasteiger partial charge in [0, 0.05) is 12.4 Å². The minimum absolute atomic E-state index is 0.469. The molecule has 0 saturated carbocycles. The lowest BCUT2D eigenvalue weighted by atomic mass is 10.1. The lowest BCUT2D eigenvalue weighted by molar-refractivity contribution is 0.174. The molecule has 1 aromatic rings. The van der Waals surface area contributed by atoms with Crippen LogP contribution < -0.4 is 0 Å². The fourth-order valence-electron chi connectivity index (χ4n) is 1.16. The number of aliphatic hydroxyl groups is 1. The standard InChI is InChI=1S/C8H8N2O/c11-7-3-1-2-6-8(7)10-5-4-9-6/h1-2,4-5,7,11H,3H2. The Kier molecular flexibility index (Phi) is 1.43. The topological polar surface area (TPSA) is 46.0 Å². The smallest absolute Gasteiger partial charge is 0.102 e. The lowest BCUT2D eigenvalue weighted by Gasteiger charge is -2.13. The highest BCUT2D eigenvalue weighted by molar-refractivity contribution is 5.50. The highest BCUT2D eigenvalue weighted by Gasteiger charge is 2.14. The van der Waals surface area contributed by atoms with Gasteiger partial charge in [0.25, 0.3) is 0 Å². The normalized spacial score (nSPS) is 21.4. The van der Waals surface area contributed by atoms with Gasteiger partial charge < -0.3 is 5.11 Å². The molecule has 11 heavy (non-hydrogen) atoms. The molecule has 0 fully saturated rings. The first-order valence-electron chi connectivity index (χ1n) is 3.53. The van der Waals surface area contributed by atoms with Crippen LogP contribution in [0.15, 0.2) is 18.5 Å². The summed E-state index contributed by atoms with van der Waals surface area (Å²) in [5.74, 6) is 0. The van der Waals surface area contributed by atoms with Crippen LogP contribution in [0.4, 0.5) is 0 Å². The molecule has 0 spiro atoms. The zero-order valence-corrected chi connectivity index (χ0v) is 5.94. The molecule has 1 aliphatic carbocycles. The van der Waals surface area contributed by atoms with Gasteiger partial charge in [-0.2, -0.15) is 0 Å². The van der Waals surface area contributed by atoms with E-state index in [0.29, 0.717) is 12.1 Å². The second-order valence-electron chi connectivity index (χ2n) is 2.48. The maximum Gasteiger partial charge on any atom is 0.102 e. The first-order chi connectivity index (χ1) is 5.38. The van der Waals surface area contributed by atoms with E-state index in [1.165, 1.54) is 0 Å². The van der Waals surface area contributed by atoms with E-state index in [2.05, 4.69) is 9.97 Å². The predicted octanol–water partition coefficient (Wildman–Crippen LogP) is 0.927. The lowest BCUT2D eigenvalue weighted by Crippen LogP contribution is -2.06. The van der Waals surface area contributed by atoms with Crippen molar-refractivity contribution >= 4 is 6.08 Å². The summed E-state index contributed by atoms with van der Waals surface area (Å²) in [5.41, 5.74) is 1.47. The molecule has 1 unspecified atom stereocenters. The van der Waals surface area contributed by atoms with Crippen LogP contribution in [-0.4, -0.2) is 15.1 Å². The summed E-state index contributed by atoms with van der Waals surface area (Å²) < 4.78 is 0. The Morgan fingerprint density at radius 1 is 1.36 bits per heavy atom. The van der Waals surface area contributed by atoms with Crippen molar-refractivity contribution in [2.45, 2.75) is 12.5 Å². The van der Waals surface area contributed by atoms with Crippen molar-refractivity contribution in [2.75, 3.05) is 0 Å². The Morgan fingerprint density at radius 2 is 2.18 bits per heavy atom. The van der Waals surface area contributed by atoms with E-state index in [9.17, 15) is 5.11 Å². The van der Waals surface area contributed by atoms with Gasteiger partial charge in [0.05, 0.1) is 11.4 Å². The van der Waals surface area contributed by atoms with E-state index >= 15 is 0 Å². The van der Waals surface area contributed by atoms with E-state index in [-0.39, 0.29) is 0 Å². The molecule has 1 heterocycles. The number of fused-ring (bicyclic) bond motifs is 1. The molecule has 0 saturated heterocycles. The van der Waals surface area contributed by atoms with Gasteiger partial charge in [-0.3, -0.25) is 9.97 Å². The average Bonchev–Trinajstić information content (AvgIpc) is 2.06. The molecule has 1 atom stereocenters. The highest BCUT2D eigenvalue weighted by Crippen LogP contribution is 2.22. The van der Waals surface area contributed by atoms with Crippen molar-refractivity contribution in [3.63, 3.8) is 0 Å². The van der Waals surface area contributed by atoms with Crippen LogP contribution in [-0.2, 0) is 0 Å². The summed E-state index contributed by atoms with van der Waals surface area (Å²) in [6.45, 7) is 0. The monoisotopic (exact) mass is 148 g/mol. The Balaban J connectivity index is 2.54. The molecule has 3 heteroatoms. The van der Waals surface area contributed by atoms with Crippen LogP contribution in [0.2, 0.25) is 0 Å². The predicted molar refractivity (Wildman–Crippen MR) is 40.6 cm³/mol. The summed E-state index contributed by atoms with van der Waals surface area (Å²) in [5, 5.41) is 9.41. The molecule has 1 aliphatic rings. The Morgan fingerprint density at radius 3 is 3.00 bits per heavy atom. The summed E-state index contributed by atoms with van der Waals surface area (Å²) in [7, 11) is 0. The fraction of sp³-hybridized carbons (Fsp3) is 0.250. The van der Waals surface area contributed by atoms with Gasteiger partial charge in [0.2, 0.25) is 0 Å². The number of nitrogens with zero attached hydrogens (tertiary/aromatic N) is 2. The molecule has 0 aromatic carbocycles. The highest BCUT2D eigenvalue weighted by atomic mass is 16.3. The SMILES string of the molecule is OC1CC=Cc2nccnc21. The first-order valence-corrected chi connectivity index (χ1v) is 3.53. The summed E-state index contributed by atoms with van der Waals surface area (Å²) in [6.07, 6.45) is 7.19. The maximum atomic E-state index is 9.41. The minimum Gasteiger partial charge on any atom is -0.386 e. The van der Waals surface area contributed by atoms with E-state index in [0.717, 1.165) is 5.69 Å². The molecular formula is C8H8N2O. The van der Waals surface area contributed by atoms with E-state index in [1.807, 2.05) is 12.2 Å². The van der Waals surface area contributed by atoms with E-state index in [4.69, 9.17) is 0 Å². The van der Waals surface area contributed by atoms with Crippen LogP contribution in [0.3, 0.4) is 0 Å². The minimum atomic E-state index is -0.469. The van der Waals surface area contributed by atoms with Gasteiger partial charge >= 0.3 is 0 Å². The Bertz CT molecular complexity index is 296. The van der Waals surface area contributed by atoms with Crippen LogP contribution in [0.25, 0.3) is 6.08 Å². The second-order valence-corrected chi connectivity index (χ2v) is 2.48. The molecule has 0 aliphatic heterocycles. The first kappa shape index (κ1) is 6.49. The van der Waals surface area contributed by atoms with Crippen LogP contribution in [0.5, 0.6) is 0 Å². The van der Waals surface area contributed by atoms with Crippen LogP contribution in [0, 0.1) is 0 Å². The van der Waals surface area contributed by atoms with E-state index in [1.54, 1.807) is 12.4 Å². The van der Waals surface area contributed by atoms with Crippen molar-refractivity contribution in [3.8, 4) is 0 Å². The molecule has 56 valence electrons. The molecule has 2 rings (SSSR count).